The quantitative estimate of drug-likeness (QED) is 0.159. The number of amides is 1. The highest BCUT2D eigenvalue weighted by Crippen LogP contribution is 2.25. The van der Waals surface area contributed by atoms with Crippen molar-refractivity contribution in [1.29, 1.82) is 0 Å². The zero-order chi connectivity index (χ0) is 20.8. The number of allylic oxidation sites excluding steroid dienone is 2. The Balaban J connectivity index is 0. The summed E-state index contributed by atoms with van der Waals surface area (Å²) in [5.41, 5.74) is 0. The lowest BCUT2D eigenvalue weighted by molar-refractivity contribution is -0.121. The van der Waals surface area contributed by atoms with Gasteiger partial charge < -0.3 is 20.0 Å². The van der Waals surface area contributed by atoms with Crippen molar-refractivity contribution in [3.05, 3.63) is 12.2 Å². The summed E-state index contributed by atoms with van der Waals surface area (Å²) in [5, 5.41) is 2.85. The standard InChI is InChI=1S/C20H39NO.H3O4P/c1-3-5-6-7-8-9-10-11-12-13-14-15-16-17-18-19-20(22)21-4-2;1-5(2,3)4/h11-12H,3-10,13-19H2,1-2H3,(H,21,22);(H3,1,2,3,4)/b12-11-;. The first-order valence-electron chi connectivity index (χ1n) is 10.5. The summed E-state index contributed by atoms with van der Waals surface area (Å²) in [7, 11) is -4.64. The maximum Gasteiger partial charge on any atom is 0.466 e. The van der Waals surface area contributed by atoms with Crippen LogP contribution in [0, 0.1) is 0 Å². The molecule has 0 aliphatic rings. The summed E-state index contributed by atoms with van der Waals surface area (Å²) in [6.45, 7) is 4.99. The minimum Gasteiger partial charge on any atom is -0.356 e. The molecular formula is C20H42NO5P. The smallest absolute Gasteiger partial charge is 0.356 e. The van der Waals surface area contributed by atoms with Gasteiger partial charge >= 0.3 is 7.82 Å². The van der Waals surface area contributed by atoms with Gasteiger partial charge in [-0.1, -0.05) is 70.4 Å². The first kappa shape index (κ1) is 28.5. The molecule has 6 nitrogen and oxygen atoms in total. The molecule has 0 atom stereocenters. The molecule has 0 aromatic carbocycles. The fourth-order valence-corrected chi connectivity index (χ4v) is 2.64. The molecule has 27 heavy (non-hydrogen) atoms. The minimum atomic E-state index is -4.64. The van der Waals surface area contributed by atoms with Gasteiger partial charge in [-0.15, -0.1) is 0 Å². The number of carbonyl (C=O) groups excluding carboxylic acids is 1. The van der Waals surface area contributed by atoms with E-state index < -0.39 is 7.82 Å². The van der Waals surface area contributed by atoms with Crippen molar-refractivity contribution in [3.63, 3.8) is 0 Å². The van der Waals surface area contributed by atoms with Gasteiger partial charge in [0.25, 0.3) is 0 Å². The predicted octanol–water partition coefficient (Wildman–Crippen LogP) is 5.23. The van der Waals surface area contributed by atoms with Crippen LogP contribution in [0.5, 0.6) is 0 Å². The maximum absolute atomic E-state index is 11.3. The van der Waals surface area contributed by atoms with Crippen LogP contribution in [0.15, 0.2) is 12.2 Å². The molecule has 0 aromatic rings. The van der Waals surface area contributed by atoms with Gasteiger partial charge in [0.05, 0.1) is 0 Å². The average Bonchev–Trinajstić information content (AvgIpc) is 2.57. The van der Waals surface area contributed by atoms with Gasteiger partial charge in [-0.25, -0.2) is 4.57 Å². The molecule has 0 aromatic heterocycles. The van der Waals surface area contributed by atoms with Crippen LogP contribution in [0.1, 0.15) is 104 Å². The highest BCUT2D eigenvalue weighted by molar-refractivity contribution is 7.45. The first-order valence-corrected chi connectivity index (χ1v) is 12.1. The van der Waals surface area contributed by atoms with E-state index in [0.29, 0.717) is 6.42 Å². The number of nitrogens with one attached hydrogen (secondary N) is 1. The van der Waals surface area contributed by atoms with Crippen LogP contribution in [0.2, 0.25) is 0 Å². The fraction of sp³-hybridized carbons (Fsp3) is 0.850. The third kappa shape index (κ3) is 36.9. The van der Waals surface area contributed by atoms with E-state index in [1.165, 1.54) is 77.0 Å². The van der Waals surface area contributed by atoms with Crippen LogP contribution >= 0.6 is 7.82 Å². The maximum atomic E-state index is 11.3. The van der Waals surface area contributed by atoms with E-state index in [-0.39, 0.29) is 5.91 Å². The van der Waals surface area contributed by atoms with Crippen molar-refractivity contribution in [2.24, 2.45) is 0 Å². The molecule has 0 unspecified atom stereocenters. The van der Waals surface area contributed by atoms with Gasteiger partial charge in [-0.05, 0) is 39.0 Å². The number of phosphoric acid groups is 1. The molecule has 0 radical (unpaired) electrons. The monoisotopic (exact) mass is 407 g/mol. The topological polar surface area (TPSA) is 107 Å². The molecule has 0 aliphatic carbocycles. The zero-order valence-corrected chi connectivity index (χ0v) is 18.3. The number of carbonyl (C=O) groups is 1. The second-order valence-electron chi connectivity index (χ2n) is 6.80. The zero-order valence-electron chi connectivity index (χ0n) is 17.4. The van der Waals surface area contributed by atoms with Crippen molar-refractivity contribution in [3.8, 4) is 0 Å². The van der Waals surface area contributed by atoms with Gasteiger partial charge in [0.1, 0.15) is 0 Å². The van der Waals surface area contributed by atoms with Crippen LogP contribution in [0.3, 0.4) is 0 Å². The molecule has 0 aliphatic heterocycles. The molecule has 162 valence electrons. The van der Waals surface area contributed by atoms with E-state index in [0.717, 1.165) is 13.0 Å². The Morgan fingerprint density at radius 1 is 0.778 bits per heavy atom. The van der Waals surface area contributed by atoms with Gasteiger partial charge in [0, 0.05) is 13.0 Å². The summed E-state index contributed by atoms with van der Waals surface area (Å²) in [6.07, 6.45) is 22.4. The van der Waals surface area contributed by atoms with E-state index in [9.17, 15) is 4.79 Å². The van der Waals surface area contributed by atoms with Crippen LogP contribution in [-0.2, 0) is 9.36 Å². The Kier molecular flexibility index (Phi) is 22.8. The summed E-state index contributed by atoms with van der Waals surface area (Å²) in [5.74, 6) is 0.208. The van der Waals surface area contributed by atoms with Gasteiger partial charge in [0.15, 0.2) is 0 Å². The minimum absolute atomic E-state index is 0.208. The Labute approximate surface area is 166 Å². The van der Waals surface area contributed by atoms with Crippen molar-refractivity contribution >= 4 is 13.7 Å². The molecule has 0 rings (SSSR count). The molecule has 0 fully saturated rings. The largest absolute Gasteiger partial charge is 0.466 e. The Bertz CT molecular complexity index is 388. The van der Waals surface area contributed by atoms with Crippen LogP contribution in [0.4, 0.5) is 0 Å². The number of unbranched alkanes of at least 4 members (excludes halogenated alkanes) is 11. The van der Waals surface area contributed by atoms with Gasteiger partial charge in [0.2, 0.25) is 5.91 Å². The fourth-order valence-electron chi connectivity index (χ4n) is 2.64. The third-order valence-corrected chi connectivity index (χ3v) is 4.04. The third-order valence-electron chi connectivity index (χ3n) is 4.04. The van der Waals surface area contributed by atoms with Crippen molar-refractivity contribution in [2.75, 3.05) is 6.54 Å². The molecule has 0 saturated carbocycles. The predicted molar refractivity (Wildman–Crippen MR) is 112 cm³/mol. The lowest BCUT2D eigenvalue weighted by Gasteiger charge is -2.02. The number of hydrogen-bond acceptors (Lipinski definition) is 2. The summed E-state index contributed by atoms with van der Waals surface area (Å²) in [4.78, 5) is 32.8. The van der Waals surface area contributed by atoms with Crippen LogP contribution in [0.25, 0.3) is 0 Å². The van der Waals surface area contributed by atoms with Crippen molar-refractivity contribution < 1.29 is 24.0 Å². The number of hydrogen-bond donors (Lipinski definition) is 4. The Morgan fingerprint density at radius 2 is 1.19 bits per heavy atom. The molecule has 1 amide bonds. The lowest BCUT2D eigenvalue weighted by atomic mass is 10.1. The molecule has 0 bridgehead atoms. The SMILES string of the molecule is CCCCCCCC/C=C\CCCCCCCC(=O)NCC.O=P(O)(O)O. The molecule has 7 heteroatoms. The lowest BCUT2D eigenvalue weighted by Crippen LogP contribution is -2.21. The van der Waals surface area contributed by atoms with E-state index in [1.54, 1.807) is 0 Å². The van der Waals surface area contributed by atoms with Crippen molar-refractivity contribution in [1.82, 2.24) is 5.32 Å². The summed E-state index contributed by atoms with van der Waals surface area (Å²) < 4.78 is 8.88. The summed E-state index contributed by atoms with van der Waals surface area (Å²) in [6, 6.07) is 0. The van der Waals surface area contributed by atoms with Crippen LogP contribution in [-0.4, -0.2) is 27.1 Å². The van der Waals surface area contributed by atoms with Gasteiger partial charge in [-0.3, -0.25) is 4.79 Å². The highest BCUT2D eigenvalue weighted by Gasteiger charge is 2.00. The number of rotatable bonds is 16. The van der Waals surface area contributed by atoms with Crippen molar-refractivity contribution in [2.45, 2.75) is 104 Å². The Hall–Kier alpha value is -0.680. The Morgan fingerprint density at radius 3 is 1.63 bits per heavy atom. The van der Waals surface area contributed by atoms with E-state index >= 15 is 0 Å². The second-order valence-corrected chi connectivity index (χ2v) is 7.83. The van der Waals surface area contributed by atoms with Gasteiger partial charge in [-0.2, -0.15) is 0 Å². The molecule has 0 heterocycles. The normalized spacial score (nSPS) is 11.3. The first-order chi connectivity index (χ1) is 12.8. The second kappa shape index (κ2) is 21.6. The van der Waals surface area contributed by atoms with E-state index in [2.05, 4.69) is 24.4 Å². The molecule has 4 N–H and O–H groups in total. The van der Waals surface area contributed by atoms with Crippen LogP contribution < -0.4 is 5.32 Å². The van der Waals surface area contributed by atoms with E-state index in [1.807, 2.05) is 6.92 Å². The molecular weight excluding hydrogens is 365 g/mol. The highest BCUT2D eigenvalue weighted by atomic mass is 31.2. The molecule has 0 saturated heterocycles. The average molecular weight is 408 g/mol. The van der Waals surface area contributed by atoms with E-state index in [4.69, 9.17) is 19.2 Å². The molecule has 0 spiro atoms. The summed E-state index contributed by atoms with van der Waals surface area (Å²) >= 11 is 0.